The Morgan fingerprint density at radius 3 is 2.14 bits per heavy atom. The van der Waals surface area contributed by atoms with Gasteiger partial charge in [-0.1, -0.05) is 84.4 Å². The molecular weight excluding hydrogens is 456 g/mol. The van der Waals surface area contributed by atoms with Gasteiger partial charge in [0.05, 0.1) is 6.04 Å². The largest absolute Gasteiger partial charge is 0.389 e. The van der Waals surface area contributed by atoms with Gasteiger partial charge in [-0.25, -0.2) is 0 Å². The quantitative estimate of drug-likeness (QED) is 0.283. The highest BCUT2D eigenvalue weighted by atomic mass is 35.5. The number of rotatable bonds is 8. The molecule has 1 heterocycles. The van der Waals surface area contributed by atoms with Crippen molar-refractivity contribution >= 4 is 17.5 Å². The van der Waals surface area contributed by atoms with Gasteiger partial charge >= 0.3 is 0 Å². The van der Waals surface area contributed by atoms with Gasteiger partial charge in [-0.3, -0.25) is 9.69 Å². The second kappa shape index (κ2) is 12.2. The van der Waals surface area contributed by atoms with Gasteiger partial charge in [0.15, 0.2) is 0 Å². The van der Waals surface area contributed by atoms with E-state index < -0.39 is 0 Å². The molecule has 1 saturated heterocycles. The molecule has 178 valence electrons. The van der Waals surface area contributed by atoms with Crippen molar-refractivity contribution in [2.24, 2.45) is 0 Å². The molecule has 1 amide bonds. The molecule has 1 aliphatic rings. The average Bonchev–Trinajstić information content (AvgIpc) is 2.90. The van der Waals surface area contributed by atoms with E-state index in [4.69, 9.17) is 11.6 Å². The highest BCUT2D eigenvalue weighted by molar-refractivity contribution is 6.30. The lowest BCUT2D eigenvalue weighted by Gasteiger charge is -2.39. The number of nitrogens with one attached hydrogen (secondary N) is 1. The standard InChI is InChI=1S/C29H29ClN4O/c30-27-13-7-8-23(20-27)14-15-32-22-26(21-31)29(35)34-18-16-33(17-19-34)28(24-9-3-1-4-10-24)25-11-5-2-6-12-25/h1-13,20,22,28,32H,14-19H2/b26-22-. The highest BCUT2D eigenvalue weighted by Gasteiger charge is 2.29. The van der Waals surface area contributed by atoms with Gasteiger partial charge in [-0.15, -0.1) is 0 Å². The molecule has 1 N–H and O–H groups in total. The van der Waals surface area contributed by atoms with Crippen molar-refractivity contribution in [3.63, 3.8) is 0 Å². The summed E-state index contributed by atoms with van der Waals surface area (Å²) in [5.41, 5.74) is 3.71. The first-order valence-electron chi connectivity index (χ1n) is 11.9. The van der Waals surface area contributed by atoms with Crippen molar-refractivity contribution in [3.8, 4) is 6.07 Å². The third kappa shape index (κ3) is 6.51. The van der Waals surface area contributed by atoms with Crippen LogP contribution < -0.4 is 5.32 Å². The zero-order valence-corrected chi connectivity index (χ0v) is 20.4. The number of carbonyl (C=O) groups excluding carboxylic acids is 1. The number of hydrogen-bond acceptors (Lipinski definition) is 4. The lowest BCUT2D eigenvalue weighted by molar-refractivity contribution is -0.128. The number of piperazine rings is 1. The number of amides is 1. The summed E-state index contributed by atoms with van der Waals surface area (Å²) in [5, 5.41) is 13.4. The molecule has 1 fully saturated rings. The van der Waals surface area contributed by atoms with Crippen LogP contribution in [-0.2, 0) is 11.2 Å². The van der Waals surface area contributed by atoms with E-state index in [1.165, 1.54) is 17.3 Å². The fraction of sp³-hybridized carbons (Fsp3) is 0.241. The number of benzene rings is 3. The minimum Gasteiger partial charge on any atom is -0.389 e. The third-order valence-corrected chi connectivity index (χ3v) is 6.48. The summed E-state index contributed by atoms with van der Waals surface area (Å²) in [6.07, 6.45) is 2.29. The minimum atomic E-state index is -0.224. The van der Waals surface area contributed by atoms with E-state index in [2.05, 4.69) is 64.8 Å². The summed E-state index contributed by atoms with van der Waals surface area (Å²) in [5.74, 6) is -0.224. The topological polar surface area (TPSA) is 59.4 Å². The van der Waals surface area contributed by atoms with Gasteiger partial charge in [0.1, 0.15) is 11.6 Å². The molecule has 4 rings (SSSR count). The zero-order chi connectivity index (χ0) is 24.5. The van der Waals surface area contributed by atoms with E-state index in [9.17, 15) is 10.1 Å². The minimum absolute atomic E-state index is 0.132. The Morgan fingerprint density at radius 2 is 1.57 bits per heavy atom. The van der Waals surface area contributed by atoms with Crippen LogP contribution in [0.1, 0.15) is 22.7 Å². The Hall–Kier alpha value is -3.59. The van der Waals surface area contributed by atoms with E-state index in [0.717, 1.165) is 25.1 Å². The second-order valence-electron chi connectivity index (χ2n) is 8.56. The molecule has 0 atom stereocenters. The number of nitrogens with zero attached hydrogens (tertiary/aromatic N) is 3. The Morgan fingerprint density at radius 1 is 0.943 bits per heavy atom. The van der Waals surface area contributed by atoms with Crippen molar-refractivity contribution in [3.05, 3.63) is 118 Å². The predicted octanol–water partition coefficient (Wildman–Crippen LogP) is 4.81. The Labute approximate surface area is 212 Å². The van der Waals surface area contributed by atoms with E-state index in [0.29, 0.717) is 24.7 Å². The Kier molecular flexibility index (Phi) is 8.56. The van der Waals surface area contributed by atoms with Crippen LogP contribution in [0.15, 0.2) is 96.7 Å². The van der Waals surface area contributed by atoms with Crippen LogP contribution >= 0.6 is 11.6 Å². The van der Waals surface area contributed by atoms with Gasteiger partial charge in [-0.05, 0) is 35.2 Å². The third-order valence-electron chi connectivity index (χ3n) is 6.24. The average molecular weight is 485 g/mol. The fourth-order valence-corrected chi connectivity index (χ4v) is 4.68. The van der Waals surface area contributed by atoms with Gasteiger partial charge in [-0.2, -0.15) is 5.26 Å². The van der Waals surface area contributed by atoms with E-state index >= 15 is 0 Å². The van der Waals surface area contributed by atoms with Gasteiger partial charge in [0.2, 0.25) is 0 Å². The molecule has 0 spiro atoms. The van der Waals surface area contributed by atoms with Crippen LogP contribution in [0, 0.1) is 11.3 Å². The SMILES string of the molecule is N#C/C(=C/NCCc1cccc(Cl)c1)C(=O)N1CCN(C(c2ccccc2)c2ccccc2)CC1. The van der Waals surface area contributed by atoms with E-state index in [-0.39, 0.29) is 17.5 Å². The summed E-state index contributed by atoms with van der Waals surface area (Å²) < 4.78 is 0. The molecule has 0 saturated carbocycles. The lowest BCUT2D eigenvalue weighted by atomic mass is 9.96. The summed E-state index contributed by atoms with van der Waals surface area (Å²) in [4.78, 5) is 17.2. The van der Waals surface area contributed by atoms with Crippen molar-refractivity contribution in [2.75, 3.05) is 32.7 Å². The molecule has 0 radical (unpaired) electrons. The van der Waals surface area contributed by atoms with Crippen LogP contribution in [-0.4, -0.2) is 48.4 Å². The summed E-state index contributed by atoms with van der Waals surface area (Å²) in [6, 6.07) is 30.8. The normalized spacial score (nSPS) is 14.5. The summed E-state index contributed by atoms with van der Waals surface area (Å²) in [6.45, 7) is 3.25. The van der Waals surface area contributed by atoms with Gasteiger partial charge < -0.3 is 10.2 Å². The Balaban J connectivity index is 1.36. The molecule has 0 aliphatic carbocycles. The van der Waals surface area contributed by atoms with E-state index in [1.807, 2.05) is 36.4 Å². The maximum atomic E-state index is 13.0. The first kappa shape index (κ1) is 24.5. The van der Waals surface area contributed by atoms with Crippen LogP contribution in [0.2, 0.25) is 5.02 Å². The highest BCUT2D eigenvalue weighted by Crippen LogP contribution is 2.29. The molecule has 0 unspecified atom stereocenters. The molecule has 35 heavy (non-hydrogen) atoms. The predicted molar refractivity (Wildman–Crippen MR) is 140 cm³/mol. The first-order chi connectivity index (χ1) is 17.2. The molecule has 3 aromatic rings. The lowest BCUT2D eigenvalue weighted by Crippen LogP contribution is -2.50. The smallest absolute Gasteiger partial charge is 0.266 e. The van der Waals surface area contributed by atoms with Crippen molar-refractivity contribution < 1.29 is 4.79 Å². The van der Waals surface area contributed by atoms with Crippen LogP contribution in [0.5, 0.6) is 0 Å². The number of hydrogen-bond donors (Lipinski definition) is 1. The zero-order valence-electron chi connectivity index (χ0n) is 19.6. The van der Waals surface area contributed by atoms with Crippen LogP contribution in [0.3, 0.4) is 0 Å². The molecule has 0 aromatic heterocycles. The van der Waals surface area contributed by atoms with Crippen molar-refractivity contribution in [1.82, 2.24) is 15.1 Å². The first-order valence-corrected chi connectivity index (χ1v) is 12.2. The number of halogens is 1. The van der Waals surface area contributed by atoms with E-state index in [1.54, 1.807) is 4.90 Å². The second-order valence-corrected chi connectivity index (χ2v) is 8.99. The van der Waals surface area contributed by atoms with Crippen molar-refractivity contribution in [1.29, 1.82) is 5.26 Å². The van der Waals surface area contributed by atoms with Gasteiger partial charge in [0, 0.05) is 43.9 Å². The monoisotopic (exact) mass is 484 g/mol. The van der Waals surface area contributed by atoms with Gasteiger partial charge in [0.25, 0.3) is 5.91 Å². The summed E-state index contributed by atoms with van der Waals surface area (Å²) in [7, 11) is 0. The maximum Gasteiger partial charge on any atom is 0.266 e. The fourth-order valence-electron chi connectivity index (χ4n) is 4.46. The number of carbonyl (C=O) groups is 1. The molecular formula is C29H29ClN4O. The Bertz CT molecular complexity index is 1140. The summed E-state index contributed by atoms with van der Waals surface area (Å²) >= 11 is 6.03. The molecule has 1 aliphatic heterocycles. The maximum absolute atomic E-state index is 13.0. The molecule has 6 heteroatoms. The number of nitriles is 1. The molecule has 0 bridgehead atoms. The van der Waals surface area contributed by atoms with Crippen LogP contribution in [0.25, 0.3) is 0 Å². The van der Waals surface area contributed by atoms with Crippen LogP contribution in [0.4, 0.5) is 0 Å². The van der Waals surface area contributed by atoms with Crippen molar-refractivity contribution in [2.45, 2.75) is 12.5 Å². The molecule has 3 aromatic carbocycles. The molecule has 5 nitrogen and oxygen atoms in total.